The highest BCUT2D eigenvalue weighted by Gasteiger charge is 2.24. The Hall–Kier alpha value is -4.08. The molecule has 190 valence electrons. The first-order valence-electron chi connectivity index (χ1n) is 11.3. The number of H-pyrrole nitrogens is 1. The molecule has 37 heavy (non-hydrogen) atoms. The summed E-state index contributed by atoms with van der Waals surface area (Å²) in [4.78, 5) is 8.33. The maximum absolute atomic E-state index is 13.2. The first-order chi connectivity index (χ1) is 17.9. The molecule has 0 aliphatic heterocycles. The van der Waals surface area contributed by atoms with E-state index in [1.165, 1.54) is 42.5 Å². The zero-order valence-corrected chi connectivity index (χ0v) is 21.8. The molecule has 0 bridgehead atoms. The molecule has 0 aliphatic carbocycles. The number of benzene rings is 2. The molecular weight excluding hydrogens is 512 g/mol. The van der Waals surface area contributed by atoms with E-state index in [0.717, 1.165) is 5.56 Å². The molecule has 0 atom stereocenters. The van der Waals surface area contributed by atoms with Gasteiger partial charge in [0.2, 0.25) is 0 Å². The molecule has 0 amide bonds. The maximum atomic E-state index is 13.2. The van der Waals surface area contributed by atoms with E-state index < -0.39 is 10.0 Å². The van der Waals surface area contributed by atoms with Crippen molar-refractivity contribution in [2.24, 2.45) is 0 Å². The lowest BCUT2D eigenvalue weighted by Crippen LogP contribution is -2.15. The summed E-state index contributed by atoms with van der Waals surface area (Å²) in [7, 11) is -4.11. The lowest BCUT2D eigenvalue weighted by molar-refractivity contribution is 0.322. The van der Waals surface area contributed by atoms with Crippen LogP contribution in [0.15, 0.2) is 71.0 Å². The van der Waals surface area contributed by atoms with Crippen molar-refractivity contribution in [2.75, 3.05) is 17.9 Å². The first-order valence-corrected chi connectivity index (χ1v) is 13.8. The number of hydrogen-bond acceptors (Lipinski definition) is 9. The summed E-state index contributed by atoms with van der Waals surface area (Å²) in [5, 5.41) is 17.1. The quantitative estimate of drug-likeness (QED) is 0.262. The van der Waals surface area contributed by atoms with Gasteiger partial charge in [0.1, 0.15) is 27.5 Å². The average Bonchev–Trinajstić information content (AvgIpc) is 3.29. The molecule has 12 heteroatoms. The summed E-state index contributed by atoms with van der Waals surface area (Å²) in [6, 6.07) is 13.6. The van der Waals surface area contributed by atoms with Crippen molar-refractivity contribution >= 4 is 27.6 Å². The van der Waals surface area contributed by atoms with Gasteiger partial charge < -0.3 is 9.47 Å². The number of thioether (sulfide) groups is 1. The van der Waals surface area contributed by atoms with Gasteiger partial charge in [-0.25, -0.2) is 8.42 Å². The highest BCUT2D eigenvalue weighted by molar-refractivity contribution is 7.98. The minimum atomic E-state index is -4.11. The molecule has 0 saturated heterocycles. The number of ether oxygens (including phenoxy) is 2. The Morgan fingerprint density at radius 3 is 2.46 bits per heavy atom. The Labute approximate surface area is 219 Å². The van der Waals surface area contributed by atoms with Crippen molar-refractivity contribution in [1.29, 1.82) is 5.26 Å². The normalized spacial score (nSPS) is 11.1. The molecule has 0 radical (unpaired) electrons. The maximum Gasteiger partial charge on any atom is 0.264 e. The molecule has 0 saturated carbocycles. The van der Waals surface area contributed by atoms with E-state index in [4.69, 9.17) is 9.47 Å². The third kappa shape index (κ3) is 6.19. The lowest BCUT2D eigenvalue weighted by Gasteiger charge is -2.11. The molecule has 4 aromatic rings. The lowest BCUT2D eigenvalue weighted by atomic mass is 10.2. The number of aromatic nitrogens is 4. The SMILES string of the molecule is CCOc1cc(CSc2[nH]nc(NS(=O)(=O)c3ccccc3C#N)c2-c2cnccn2)cc(OCC)c1. The number of nitriles is 1. The Morgan fingerprint density at radius 2 is 1.81 bits per heavy atom. The minimum absolute atomic E-state index is 0.0282. The van der Waals surface area contributed by atoms with Crippen molar-refractivity contribution in [2.45, 2.75) is 29.5 Å². The van der Waals surface area contributed by atoms with Crippen molar-refractivity contribution in [3.8, 4) is 28.8 Å². The number of nitrogens with one attached hydrogen (secondary N) is 2. The van der Waals surface area contributed by atoms with Crippen LogP contribution >= 0.6 is 11.8 Å². The van der Waals surface area contributed by atoms with Gasteiger partial charge >= 0.3 is 0 Å². The van der Waals surface area contributed by atoms with Gasteiger partial charge in [0.25, 0.3) is 10.0 Å². The minimum Gasteiger partial charge on any atom is -0.494 e. The van der Waals surface area contributed by atoms with E-state index in [-0.39, 0.29) is 16.3 Å². The van der Waals surface area contributed by atoms with E-state index in [1.54, 1.807) is 12.1 Å². The average molecular weight is 537 g/mol. The Balaban J connectivity index is 1.67. The van der Waals surface area contributed by atoms with Gasteiger partial charge in [0.15, 0.2) is 5.82 Å². The van der Waals surface area contributed by atoms with E-state index in [2.05, 4.69) is 24.9 Å². The predicted molar refractivity (Wildman–Crippen MR) is 140 cm³/mol. The van der Waals surface area contributed by atoms with E-state index in [0.29, 0.717) is 46.7 Å². The summed E-state index contributed by atoms with van der Waals surface area (Å²) in [5.74, 6) is 1.97. The number of rotatable bonds is 11. The molecule has 2 N–H and O–H groups in total. The molecule has 2 heterocycles. The van der Waals surface area contributed by atoms with Crippen LogP contribution in [0.5, 0.6) is 11.5 Å². The van der Waals surface area contributed by atoms with E-state index >= 15 is 0 Å². The molecule has 2 aromatic heterocycles. The third-order valence-electron chi connectivity index (χ3n) is 5.03. The fourth-order valence-corrected chi connectivity index (χ4v) is 5.62. The summed E-state index contributed by atoms with van der Waals surface area (Å²) in [5.41, 5.74) is 1.86. The van der Waals surface area contributed by atoms with Crippen LogP contribution in [0.3, 0.4) is 0 Å². The van der Waals surface area contributed by atoms with Crippen LogP contribution in [0.4, 0.5) is 5.82 Å². The standard InChI is InChI=1S/C25H24N6O4S2/c1-3-34-19-11-17(12-20(13-19)35-4-2)16-36-25-23(21-15-27-9-10-28-21)24(29-30-25)31-37(32,33)22-8-6-5-7-18(22)14-26/h5-13,15H,3-4,16H2,1-2H3,(H2,29,30,31). The second kappa shape index (κ2) is 11.8. The van der Waals surface area contributed by atoms with Crippen LogP contribution in [0.1, 0.15) is 25.0 Å². The third-order valence-corrected chi connectivity index (χ3v) is 7.48. The van der Waals surface area contributed by atoms with Gasteiger partial charge in [-0.1, -0.05) is 12.1 Å². The van der Waals surface area contributed by atoms with Crippen LogP contribution in [-0.4, -0.2) is 41.8 Å². The molecule has 4 rings (SSSR count). The van der Waals surface area contributed by atoms with Crippen LogP contribution in [0.2, 0.25) is 0 Å². The number of nitrogens with zero attached hydrogens (tertiary/aromatic N) is 4. The number of sulfonamides is 1. The van der Waals surface area contributed by atoms with Crippen molar-refractivity contribution in [3.05, 3.63) is 72.2 Å². The monoisotopic (exact) mass is 536 g/mol. The highest BCUT2D eigenvalue weighted by atomic mass is 32.2. The smallest absolute Gasteiger partial charge is 0.264 e. The Kier molecular flexibility index (Phi) is 8.27. The van der Waals surface area contributed by atoms with Gasteiger partial charge in [-0.15, -0.1) is 11.8 Å². The second-order valence-electron chi connectivity index (χ2n) is 7.55. The van der Waals surface area contributed by atoms with Crippen LogP contribution in [0.25, 0.3) is 11.3 Å². The van der Waals surface area contributed by atoms with Gasteiger partial charge in [0, 0.05) is 24.2 Å². The number of hydrogen-bond donors (Lipinski definition) is 2. The van der Waals surface area contributed by atoms with Gasteiger partial charge in [-0.05, 0) is 43.7 Å². The van der Waals surface area contributed by atoms with Crippen molar-refractivity contribution in [1.82, 2.24) is 20.2 Å². The second-order valence-corrected chi connectivity index (χ2v) is 10.2. The molecule has 10 nitrogen and oxygen atoms in total. The summed E-state index contributed by atoms with van der Waals surface area (Å²) < 4.78 is 40.2. The molecule has 0 unspecified atom stereocenters. The fraction of sp³-hybridized carbons (Fsp3) is 0.200. The molecule has 0 fully saturated rings. The van der Waals surface area contributed by atoms with Crippen LogP contribution in [-0.2, 0) is 15.8 Å². The van der Waals surface area contributed by atoms with E-state index in [9.17, 15) is 13.7 Å². The largest absolute Gasteiger partial charge is 0.494 e. The van der Waals surface area contributed by atoms with Gasteiger partial charge in [-0.2, -0.15) is 10.4 Å². The van der Waals surface area contributed by atoms with E-state index in [1.807, 2.05) is 38.1 Å². The zero-order valence-electron chi connectivity index (χ0n) is 20.1. The highest BCUT2D eigenvalue weighted by Crippen LogP contribution is 2.37. The van der Waals surface area contributed by atoms with Crippen molar-refractivity contribution < 1.29 is 17.9 Å². The van der Waals surface area contributed by atoms with Gasteiger partial charge in [-0.3, -0.25) is 19.8 Å². The zero-order chi connectivity index (χ0) is 26.3. The fourth-order valence-electron chi connectivity index (χ4n) is 3.52. The van der Waals surface area contributed by atoms with Crippen molar-refractivity contribution in [3.63, 3.8) is 0 Å². The van der Waals surface area contributed by atoms with Gasteiger partial charge in [0.05, 0.1) is 36.2 Å². The Bertz CT molecular complexity index is 1490. The van der Waals surface area contributed by atoms with Crippen LogP contribution < -0.4 is 14.2 Å². The predicted octanol–water partition coefficient (Wildman–Crippen LogP) is 4.63. The summed E-state index contributed by atoms with van der Waals surface area (Å²) in [6.07, 6.45) is 4.57. The molecular formula is C25H24N6O4S2. The Morgan fingerprint density at radius 1 is 1.08 bits per heavy atom. The number of aromatic amines is 1. The molecule has 0 spiro atoms. The first kappa shape index (κ1) is 26.0. The molecule has 0 aliphatic rings. The molecule has 2 aromatic carbocycles. The summed E-state index contributed by atoms with van der Waals surface area (Å²) >= 11 is 1.41. The number of anilines is 1. The van der Waals surface area contributed by atoms with Crippen LogP contribution in [0, 0.1) is 11.3 Å². The topological polar surface area (TPSA) is 143 Å². The summed E-state index contributed by atoms with van der Waals surface area (Å²) in [6.45, 7) is 4.88.